The average molecular weight is 164 g/mol. The fraction of sp³-hybridized carbons (Fsp3) is 0.250. The lowest BCUT2D eigenvalue weighted by Gasteiger charge is -1.97. The second-order valence-corrected chi connectivity index (χ2v) is 3.41. The Morgan fingerprint density at radius 3 is 3.45 bits per heavy atom. The van der Waals surface area contributed by atoms with Crippen LogP contribution in [0.5, 0.6) is 0 Å². The minimum atomic E-state index is 0.904. The van der Waals surface area contributed by atoms with Crippen molar-refractivity contribution < 1.29 is 0 Å². The molecular weight excluding hydrogens is 156 g/mol. The van der Waals surface area contributed by atoms with Gasteiger partial charge in [0.15, 0.2) is 0 Å². The molecule has 1 aromatic rings. The van der Waals surface area contributed by atoms with Gasteiger partial charge in [-0.25, -0.2) is 0 Å². The van der Waals surface area contributed by atoms with Crippen LogP contribution >= 0.6 is 11.8 Å². The summed E-state index contributed by atoms with van der Waals surface area (Å²) < 4.78 is 0. The van der Waals surface area contributed by atoms with Crippen molar-refractivity contribution in [3.8, 4) is 0 Å². The zero-order valence-electron chi connectivity index (χ0n) is 6.03. The van der Waals surface area contributed by atoms with Crippen LogP contribution < -0.4 is 0 Å². The number of hydrogen-bond donors (Lipinski definition) is 0. The summed E-state index contributed by atoms with van der Waals surface area (Å²) in [6.07, 6.45) is 3.66. The van der Waals surface area contributed by atoms with Crippen LogP contribution in [-0.4, -0.2) is 23.5 Å². The second-order valence-electron chi connectivity index (χ2n) is 2.27. The van der Waals surface area contributed by atoms with E-state index in [1.807, 2.05) is 24.0 Å². The lowest BCUT2D eigenvalue weighted by atomic mass is 10.4. The van der Waals surface area contributed by atoms with E-state index in [2.05, 4.69) is 16.0 Å². The molecule has 56 valence electrons. The highest BCUT2D eigenvalue weighted by Gasteiger charge is 2.03. The summed E-state index contributed by atoms with van der Waals surface area (Å²) in [5.74, 6) is 1.06. The minimum Gasteiger partial charge on any atom is -0.290 e. The highest BCUT2D eigenvalue weighted by atomic mass is 32.2. The third-order valence-corrected chi connectivity index (χ3v) is 2.53. The average Bonchev–Trinajstić information content (AvgIpc) is 2.28. The first-order valence-electron chi connectivity index (χ1n) is 3.54. The first-order valence-corrected chi connectivity index (χ1v) is 4.53. The van der Waals surface area contributed by atoms with Crippen molar-refractivity contribution in [3.05, 3.63) is 24.0 Å². The van der Waals surface area contributed by atoms with Crippen LogP contribution in [0.3, 0.4) is 0 Å². The van der Waals surface area contributed by atoms with E-state index in [-0.39, 0.29) is 0 Å². The van der Waals surface area contributed by atoms with Crippen LogP contribution in [0.25, 0.3) is 0 Å². The molecule has 0 radical (unpaired) electrons. The molecular formula is C8H8N2S. The predicted molar refractivity (Wildman–Crippen MR) is 47.4 cm³/mol. The molecule has 0 saturated heterocycles. The molecule has 2 nitrogen and oxygen atoms in total. The molecule has 1 aliphatic rings. The number of aliphatic imine (C=N–C) groups is 1. The maximum atomic E-state index is 4.21. The van der Waals surface area contributed by atoms with Gasteiger partial charge in [-0.2, -0.15) is 0 Å². The van der Waals surface area contributed by atoms with Gasteiger partial charge in [-0.05, 0) is 12.1 Å². The third kappa shape index (κ3) is 1.43. The first-order chi connectivity index (χ1) is 5.47. The Hall–Kier alpha value is -0.830. The molecule has 2 heterocycles. The van der Waals surface area contributed by atoms with Gasteiger partial charge in [-0.15, -0.1) is 11.8 Å². The molecule has 0 saturated carbocycles. The lowest BCUT2D eigenvalue weighted by molar-refractivity contribution is 1.16. The largest absolute Gasteiger partial charge is 0.290 e. The summed E-state index contributed by atoms with van der Waals surface area (Å²) >= 11 is 1.82. The molecule has 0 bridgehead atoms. The number of pyridine rings is 1. The molecule has 0 spiro atoms. The van der Waals surface area contributed by atoms with Gasteiger partial charge in [0, 0.05) is 29.6 Å². The maximum absolute atomic E-state index is 4.21. The second kappa shape index (κ2) is 3.05. The van der Waals surface area contributed by atoms with Crippen LogP contribution in [0.1, 0.15) is 5.69 Å². The van der Waals surface area contributed by atoms with E-state index in [9.17, 15) is 0 Å². The van der Waals surface area contributed by atoms with E-state index in [1.54, 1.807) is 6.20 Å². The van der Waals surface area contributed by atoms with E-state index >= 15 is 0 Å². The summed E-state index contributed by atoms with van der Waals surface area (Å²) in [4.78, 5) is 9.66. The van der Waals surface area contributed by atoms with Gasteiger partial charge in [0.1, 0.15) is 0 Å². The van der Waals surface area contributed by atoms with Crippen LogP contribution in [-0.2, 0) is 0 Å². The van der Waals surface area contributed by atoms with Gasteiger partial charge in [-0.1, -0.05) is 0 Å². The molecule has 0 aliphatic carbocycles. The van der Waals surface area contributed by atoms with E-state index < -0.39 is 0 Å². The summed E-state index contributed by atoms with van der Waals surface area (Å²) in [5, 5.41) is 0. The molecule has 0 aromatic carbocycles. The van der Waals surface area contributed by atoms with Crippen molar-refractivity contribution in [2.24, 2.45) is 4.99 Å². The van der Waals surface area contributed by atoms with E-state index in [0.717, 1.165) is 18.0 Å². The summed E-state index contributed by atoms with van der Waals surface area (Å²) in [6.45, 7) is 0.904. The molecule has 0 atom stereocenters. The van der Waals surface area contributed by atoms with Crippen molar-refractivity contribution in [3.63, 3.8) is 0 Å². The Kier molecular flexibility index (Phi) is 1.90. The van der Waals surface area contributed by atoms with Crippen LogP contribution in [0.15, 0.2) is 28.2 Å². The van der Waals surface area contributed by atoms with Crippen molar-refractivity contribution in [1.29, 1.82) is 0 Å². The van der Waals surface area contributed by atoms with Crippen molar-refractivity contribution in [2.45, 2.75) is 4.90 Å². The summed E-state index contributed by atoms with van der Waals surface area (Å²) in [7, 11) is 0. The number of aromatic nitrogens is 1. The Bertz CT molecular complexity index is 283. The number of thioether (sulfide) groups is 1. The van der Waals surface area contributed by atoms with Gasteiger partial charge in [0.25, 0.3) is 0 Å². The highest BCUT2D eigenvalue weighted by molar-refractivity contribution is 7.99. The fourth-order valence-electron chi connectivity index (χ4n) is 0.981. The van der Waals surface area contributed by atoms with E-state index in [4.69, 9.17) is 0 Å². The smallest absolute Gasteiger partial charge is 0.0943 e. The van der Waals surface area contributed by atoms with Gasteiger partial charge in [0.2, 0.25) is 0 Å². The number of rotatable bonds is 0. The molecule has 3 heteroatoms. The standard InChI is InChI=1S/C8H8N2S/c1-2-8-7(10-3-1)6-9-4-5-11-8/h1-3,6H,4-5H2. The fourth-order valence-corrected chi connectivity index (χ4v) is 1.83. The van der Waals surface area contributed by atoms with Crippen molar-refractivity contribution >= 4 is 18.0 Å². The van der Waals surface area contributed by atoms with E-state index in [1.165, 1.54) is 4.90 Å². The van der Waals surface area contributed by atoms with Crippen LogP contribution in [0.2, 0.25) is 0 Å². The molecule has 0 amide bonds. The van der Waals surface area contributed by atoms with Crippen LogP contribution in [0, 0.1) is 0 Å². The Morgan fingerprint density at radius 1 is 1.45 bits per heavy atom. The first kappa shape index (κ1) is 6.85. The Balaban J connectivity index is 2.45. The van der Waals surface area contributed by atoms with Crippen molar-refractivity contribution in [2.75, 3.05) is 12.3 Å². The van der Waals surface area contributed by atoms with Gasteiger partial charge >= 0.3 is 0 Å². The van der Waals surface area contributed by atoms with Crippen LogP contribution in [0.4, 0.5) is 0 Å². The Labute approximate surface area is 69.8 Å². The van der Waals surface area contributed by atoms with Gasteiger partial charge in [0.05, 0.1) is 5.69 Å². The molecule has 2 rings (SSSR count). The minimum absolute atomic E-state index is 0.904. The maximum Gasteiger partial charge on any atom is 0.0943 e. The van der Waals surface area contributed by atoms with Gasteiger partial charge < -0.3 is 0 Å². The summed E-state index contributed by atoms with van der Waals surface area (Å²) in [5.41, 5.74) is 1.01. The normalized spacial score (nSPS) is 15.6. The molecule has 0 fully saturated rings. The van der Waals surface area contributed by atoms with Crippen molar-refractivity contribution in [1.82, 2.24) is 4.98 Å². The third-order valence-electron chi connectivity index (χ3n) is 1.49. The lowest BCUT2D eigenvalue weighted by Crippen LogP contribution is -1.87. The SMILES string of the molecule is C1=NCCSc2cccnc21. The molecule has 11 heavy (non-hydrogen) atoms. The zero-order valence-corrected chi connectivity index (χ0v) is 6.84. The molecule has 0 N–H and O–H groups in total. The highest BCUT2D eigenvalue weighted by Crippen LogP contribution is 2.21. The molecule has 0 unspecified atom stereocenters. The van der Waals surface area contributed by atoms with E-state index in [0.29, 0.717) is 0 Å². The number of nitrogens with zero attached hydrogens (tertiary/aromatic N) is 2. The number of fused-ring (bicyclic) bond motifs is 1. The Morgan fingerprint density at radius 2 is 2.45 bits per heavy atom. The topological polar surface area (TPSA) is 25.2 Å². The number of hydrogen-bond acceptors (Lipinski definition) is 3. The molecule has 1 aromatic heterocycles. The predicted octanol–water partition coefficient (Wildman–Crippen LogP) is 1.61. The monoisotopic (exact) mass is 164 g/mol. The van der Waals surface area contributed by atoms with Gasteiger partial charge in [-0.3, -0.25) is 9.98 Å². The summed E-state index contributed by atoms with van der Waals surface area (Å²) in [6, 6.07) is 4.05. The molecule has 1 aliphatic heterocycles. The zero-order chi connectivity index (χ0) is 7.52. The quantitative estimate of drug-likeness (QED) is 0.582.